The molecular weight excluding hydrogens is 276 g/mol. The summed E-state index contributed by atoms with van der Waals surface area (Å²) in [4.78, 5) is 23.8. The quantitative estimate of drug-likeness (QED) is 0.875. The second kappa shape index (κ2) is 5.38. The first kappa shape index (κ1) is 13.7. The number of aromatic nitrogens is 3. The Morgan fingerprint density at radius 3 is 2.50 bits per heavy atom. The number of carbonyl (C=O) groups excluding carboxylic acids is 1. The number of amides is 1. The standard InChI is InChI=1S/C17H22N4O/c1-12-3-5-13(6-4-12)21(14-7-8-14)16(22)15-11-20-10-2-9-18-17(20)19-15/h2,9-14H,3-8H2,1H3. The molecule has 1 amide bonds. The Kier molecular flexibility index (Phi) is 3.36. The smallest absolute Gasteiger partial charge is 0.274 e. The molecule has 0 radical (unpaired) electrons. The largest absolute Gasteiger partial charge is 0.331 e. The second-order valence-corrected chi connectivity index (χ2v) is 6.81. The lowest BCUT2D eigenvalue weighted by molar-refractivity contribution is 0.0587. The number of nitrogens with zero attached hydrogens (tertiary/aromatic N) is 4. The molecule has 0 unspecified atom stereocenters. The molecular formula is C17H22N4O. The van der Waals surface area contributed by atoms with E-state index in [-0.39, 0.29) is 5.91 Å². The molecule has 0 aromatic carbocycles. The predicted octanol–water partition coefficient (Wildman–Crippen LogP) is 2.91. The Labute approximate surface area is 130 Å². The van der Waals surface area contributed by atoms with E-state index in [0.29, 0.717) is 23.6 Å². The van der Waals surface area contributed by atoms with Crippen LogP contribution in [0.3, 0.4) is 0 Å². The van der Waals surface area contributed by atoms with Gasteiger partial charge in [-0.25, -0.2) is 9.97 Å². The van der Waals surface area contributed by atoms with Gasteiger partial charge in [0.1, 0.15) is 5.69 Å². The molecule has 2 aromatic heterocycles. The highest BCUT2D eigenvalue weighted by Gasteiger charge is 2.39. The minimum atomic E-state index is 0.0903. The molecule has 0 atom stereocenters. The molecule has 116 valence electrons. The normalized spacial score (nSPS) is 25.3. The Bertz CT molecular complexity index is 650. The molecule has 2 fully saturated rings. The predicted molar refractivity (Wildman–Crippen MR) is 83.6 cm³/mol. The third-order valence-electron chi connectivity index (χ3n) is 5.01. The first-order chi connectivity index (χ1) is 10.7. The summed E-state index contributed by atoms with van der Waals surface area (Å²) >= 11 is 0. The maximum absolute atomic E-state index is 13.0. The van der Waals surface area contributed by atoms with Gasteiger partial charge in [-0.1, -0.05) is 6.92 Å². The van der Waals surface area contributed by atoms with Gasteiger partial charge in [0.15, 0.2) is 0 Å². The topological polar surface area (TPSA) is 50.5 Å². The molecule has 2 aliphatic carbocycles. The summed E-state index contributed by atoms with van der Waals surface area (Å²) in [5, 5.41) is 0. The maximum Gasteiger partial charge on any atom is 0.274 e. The van der Waals surface area contributed by atoms with E-state index < -0.39 is 0 Å². The average Bonchev–Trinajstić information content (AvgIpc) is 3.26. The molecule has 2 heterocycles. The van der Waals surface area contributed by atoms with Crippen molar-refractivity contribution in [2.75, 3.05) is 0 Å². The summed E-state index contributed by atoms with van der Waals surface area (Å²) in [5.74, 6) is 1.48. The van der Waals surface area contributed by atoms with Gasteiger partial charge in [0.05, 0.1) is 0 Å². The van der Waals surface area contributed by atoms with Gasteiger partial charge in [-0.15, -0.1) is 0 Å². The van der Waals surface area contributed by atoms with Crippen LogP contribution in [0.25, 0.3) is 5.78 Å². The zero-order valence-electron chi connectivity index (χ0n) is 13.0. The molecule has 2 saturated carbocycles. The van der Waals surface area contributed by atoms with Gasteiger partial charge in [0, 0.05) is 30.7 Å². The summed E-state index contributed by atoms with van der Waals surface area (Å²) in [5.41, 5.74) is 0.532. The van der Waals surface area contributed by atoms with E-state index >= 15 is 0 Å². The lowest BCUT2D eigenvalue weighted by Gasteiger charge is -2.36. The summed E-state index contributed by atoms with van der Waals surface area (Å²) in [6.45, 7) is 2.31. The van der Waals surface area contributed by atoms with Crippen LogP contribution in [0.1, 0.15) is 55.9 Å². The SMILES string of the molecule is CC1CCC(N(C(=O)c2cn3cccnc3n2)C2CC2)CC1. The van der Waals surface area contributed by atoms with Crippen molar-refractivity contribution in [1.29, 1.82) is 0 Å². The van der Waals surface area contributed by atoms with Crippen molar-refractivity contribution in [3.05, 3.63) is 30.4 Å². The maximum atomic E-state index is 13.0. The van der Waals surface area contributed by atoms with Crippen molar-refractivity contribution < 1.29 is 4.79 Å². The van der Waals surface area contributed by atoms with E-state index in [4.69, 9.17) is 0 Å². The van der Waals surface area contributed by atoms with Crippen molar-refractivity contribution in [2.45, 2.75) is 57.5 Å². The summed E-state index contributed by atoms with van der Waals surface area (Å²) < 4.78 is 1.82. The fourth-order valence-electron chi connectivity index (χ4n) is 3.57. The van der Waals surface area contributed by atoms with Crippen molar-refractivity contribution >= 4 is 11.7 Å². The second-order valence-electron chi connectivity index (χ2n) is 6.81. The van der Waals surface area contributed by atoms with E-state index in [1.165, 1.54) is 12.8 Å². The Morgan fingerprint density at radius 2 is 1.86 bits per heavy atom. The molecule has 4 rings (SSSR count). The van der Waals surface area contributed by atoms with Gasteiger partial charge in [0.2, 0.25) is 5.78 Å². The van der Waals surface area contributed by atoms with Gasteiger partial charge < -0.3 is 4.90 Å². The highest BCUT2D eigenvalue weighted by Crippen LogP contribution is 2.36. The van der Waals surface area contributed by atoms with Crippen LogP contribution < -0.4 is 0 Å². The first-order valence-electron chi connectivity index (χ1n) is 8.35. The molecule has 0 N–H and O–H groups in total. The number of fused-ring (bicyclic) bond motifs is 1. The van der Waals surface area contributed by atoms with Gasteiger partial charge in [-0.05, 0) is 50.5 Å². The van der Waals surface area contributed by atoms with Crippen molar-refractivity contribution in [1.82, 2.24) is 19.3 Å². The third-order valence-corrected chi connectivity index (χ3v) is 5.01. The summed E-state index contributed by atoms with van der Waals surface area (Å²) in [6.07, 6.45) is 12.4. The van der Waals surface area contributed by atoms with Crippen LogP contribution in [0.5, 0.6) is 0 Å². The molecule has 0 spiro atoms. The minimum absolute atomic E-state index is 0.0903. The van der Waals surface area contributed by atoms with Gasteiger partial charge in [-0.3, -0.25) is 9.20 Å². The highest BCUT2D eigenvalue weighted by molar-refractivity contribution is 5.93. The molecule has 5 nitrogen and oxygen atoms in total. The lowest BCUT2D eigenvalue weighted by Crippen LogP contribution is -2.43. The van der Waals surface area contributed by atoms with E-state index in [9.17, 15) is 4.79 Å². The van der Waals surface area contributed by atoms with E-state index in [1.54, 1.807) is 6.20 Å². The summed E-state index contributed by atoms with van der Waals surface area (Å²) in [6, 6.07) is 2.68. The molecule has 5 heteroatoms. The van der Waals surface area contributed by atoms with Crippen molar-refractivity contribution in [3.63, 3.8) is 0 Å². The zero-order chi connectivity index (χ0) is 15.1. The fourth-order valence-corrected chi connectivity index (χ4v) is 3.57. The van der Waals surface area contributed by atoms with Crippen LogP contribution in [0.4, 0.5) is 0 Å². The lowest BCUT2D eigenvalue weighted by atomic mass is 9.86. The number of carbonyl (C=O) groups is 1. The van der Waals surface area contributed by atoms with E-state index in [0.717, 1.165) is 31.6 Å². The zero-order valence-corrected chi connectivity index (χ0v) is 13.0. The molecule has 22 heavy (non-hydrogen) atoms. The van der Waals surface area contributed by atoms with E-state index in [2.05, 4.69) is 21.8 Å². The number of hydrogen-bond donors (Lipinski definition) is 0. The third kappa shape index (κ3) is 2.49. The monoisotopic (exact) mass is 298 g/mol. The molecule has 0 bridgehead atoms. The molecule has 0 aliphatic heterocycles. The van der Waals surface area contributed by atoms with Crippen LogP contribution in [-0.4, -0.2) is 37.3 Å². The average molecular weight is 298 g/mol. The van der Waals surface area contributed by atoms with Crippen molar-refractivity contribution in [3.8, 4) is 0 Å². The fraction of sp³-hybridized carbons (Fsp3) is 0.588. The Hall–Kier alpha value is -1.91. The Balaban J connectivity index is 1.60. The summed E-state index contributed by atoms with van der Waals surface area (Å²) in [7, 11) is 0. The van der Waals surface area contributed by atoms with Crippen LogP contribution >= 0.6 is 0 Å². The van der Waals surface area contributed by atoms with Crippen LogP contribution in [0.15, 0.2) is 24.7 Å². The Morgan fingerprint density at radius 1 is 1.18 bits per heavy atom. The number of hydrogen-bond acceptors (Lipinski definition) is 3. The van der Waals surface area contributed by atoms with Gasteiger partial charge in [-0.2, -0.15) is 0 Å². The van der Waals surface area contributed by atoms with Crippen LogP contribution in [-0.2, 0) is 0 Å². The van der Waals surface area contributed by atoms with E-state index in [1.807, 2.05) is 22.9 Å². The highest BCUT2D eigenvalue weighted by atomic mass is 16.2. The molecule has 0 saturated heterocycles. The van der Waals surface area contributed by atoms with Crippen LogP contribution in [0, 0.1) is 5.92 Å². The van der Waals surface area contributed by atoms with Gasteiger partial charge in [0.25, 0.3) is 5.91 Å². The van der Waals surface area contributed by atoms with Crippen LogP contribution in [0.2, 0.25) is 0 Å². The molecule has 2 aliphatic rings. The van der Waals surface area contributed by atoms with Crippen molar-refractivity contribution in [2.24, 2.45) is 5.92 Å². The number of imidazole rings is 1. The molecule has 2 aromatic rings. The minimum Gasteiger partial charge on any atom is -0.331 e. The first-order valence-corrected chi connectivity index (χ1v) is 8.35. The van der Waals surface area contributed by atoms with Gasteiger partial charge >= 0.3 is 0 Å². The number of rotatable bonds is 3.